The molecule has 0 fully saturated rings. The van der Waals surface area contributed by atoms with E-state index in [0.29, 0.717) is 22.4 Å². The highest BCUT2D eigenvalue weighted by atomic mass is 35.5. The van der Waals surface area contributed by atoms with Crippen LogP contribution in [0.3, 0.4) is 0 Å². The molecule has 0 aliphatic rings. The minimum Gasteiger partial charge on any atom is -0.465 e. The number of aliphatic hydroxyl groups excluding tert-OH is 1. The molecule has 0 aliphatic heterocycles. The van der Waals surface area contributed by atoms with Crippen LogP contribution in [0.5, 0.6) is 5.88 Å². The summed E-state index contributed by atoms with van der Waals surface area (Å²) in [5.41, 5.74) is 1.63. The maximum Gasteiger partial charge on any atom is 0.399 e. The van der Waals surface area contributed by atoms with Crippen LogP contribution in [0.4, 0.5) is 4.53 Å². The Morgan fingerprint density at radius 3 is 2.49 bits per heavy atom. The van der Waals surface area contributed by atoms with E-state index in [1.54, 1.807) is 31.3 Å². The number of aromatic nitrogens is 3. The van der Waals surface area contributed by atoms with Crippen molar-refractivity contribution in [1.29, 1.82) is 0 Å². The Labute approximate surface area is 217 Å². The molecule has 0 radical (unpaired) electrons. The minimum atomic E-state index is -3.99. The molecule has 0 amide bonds. The number of halogens is 3. The second-order valence-electron chi connectivity index (χ2n) is 7.70. The van der Waals surface area contributed by atoms with Gasteiger partial charge in [-0.2, -0.15) is 0 Å². The fraction of sp³-hybridized carbons (Fsp3) is 0.364. The van der Waals surface area contributed by atoms with Gasteiger partial charge >= 0.3 is 7.60 Å². The van der Waals surface area contributed by atoms with Gasteiger partial charge in [0.2, 0.25) is 5.88 Å². The van der Waals surface area contributed by atoms with Crippen molar-refractivity contribution < 1.29 is 28.2 Å². The van der Waals surface area contributed by atoms with E-state index in [1.165, 1.54) is 11.8 Å². The van der Waals surface area contributed by atoms with E-state index in [1.807, 2.05) is 30.5 Å². The van der Waals surface area contributed by atoms with E-state index < -0.39 is 13.9 Å². The van der Waals surface area contributed by atoms with Crippen molar-refractivity contribution >= 4 is 42.6 Å². The van der Waals surface area contributed by atoms with E-state index in [4.69, 9.17) is 32.5 Å². The highest BCUT2D eigenvalue weighted by Crippen LogP contribution is 2.48. The lowest BCUT2D eigenvalue weighted by Gasteiger charge is -2.14. The second-order valence-corrected chi connectivity index (χ2v) is 11.5. The number of benzene rings is 1. The van der Waals surface area contributed by atoms with Gasteiger partial charge in [-0.3, -0.25) is 4.57 Å². The van der Waals surface area contributed by atoms with Crippen LogP contribution in [0, 0.1) is 0 Å². The normalized spacial score (nSPS) is 13.3. The van der Waals surface area contributed by atoms with Gasteiger partial charge in [0.25, 0.3) is 0 Å². The predicted octanol–water partition coefficient (Wildman–Crippen LogP) is 6.87. The Kier molecular flexibility index (Phi) is 10.0. The molecule has 1 aromatic carbocycles. The molecule has 3 rings (SSSR count). The fourth-order valence-electron chi connectivity index (χ4n) is 3.16. The summed E-state index contributed by atoms with van der Waals surface area (Å²) in [6.45, 7) is 5.74. The van der Waals surface area contributed by atoms with Crippen LogP contribution in [0.2, 0.25) is 10.0 Å². The van der Waals surface area contributed by atoms with Crippen LogP contribution in [-0.4, -0.2) is 32.6 Å². The quantitative estimate of drug-likeness (QED) is 0.238. The molecule has 190 valence electrons. The fourth-order valence-corrected chi connectivity index (χ4v) is 5.91. The topological polar surface area (TPSA) is 95.7 Å². The van der Waals surface area contributed by atoms with E-state index in [-0.39, 0.29) is 25.0 Å². The molecule has 3 aromatic rings. The lowest BCUT2D eigenvalue weighted by molar-refractivity contribution is -0.0299. The first-order valence-corrected chi connectivity index (χ1v) is 13.9. The standard InChI is InChI=1S/C22H25Cl2FN3O5PS/c1-4-32-34(30,33-25)13-31-20-6-5-15(10-26-20)11-28-19(12-29)27-21(14(2)3)22(28)35-18-8-16(23)7-17(24)9-18/h5-10,14,29H,4,11-13H2,1-3H3. The lowest BCUT2D eigenvalue weighted by Crippen LogP contribution is -2.08. The number of ether oxygens (including phenoxy) is 1. The first-order valence-electron chi connectivity index (χ1n) is 10.6. The van der Waals surface area contributed by atoms with E-state index in [2.05, 4.69) is 14.7 Å². The average molecular weight is 564 g/mol. The third kappa shape index (κ3) is 7.43. The summed E-state index contributed by atoms with van der Waals surface area (Å²) in [4.78, 5) is 9.68. The first-order chi connectivity index (χ1) is 16.7. The summed E-state index contributed by atoms with van der Waals surface area (Å²) in [5, 5.41) is 11.9. The van der Waals surface area contributed by atoms with Crippen LogP contribution in [-0.2, 0) is 27.0 Å². The van der Waals surface area contributed by atoms with Crippen molar-refractivity contribution in [3.05, 3.63) is 63.7 Å². The number of imidazole rings is 1. The molecule has 1 unspecified atom stereocenters. The van der Waals surface area contributed by atoms with E-state index in [0.717, 1.165) is 21.2 Å². The molecule has 0 bridgehead atoms. The summed E-state index contributed by atoms with van der Waals surface area (Å²) in [7, 11) is -3.99. The summed E-state index contributed by atoms with van der Waals surface area (Å²) in [6.07, 6.45) is 0.957. The summed E-state index contributed by atoms with van der Waals surface area (Å²) >= 11 is 13.8. The lowest BCUT2D eigenvalue weighted by atomic mass is 10.1. The minimum absolute atomic E-state index is 0.00905. The second kappa shape index (κ2) is 12.5. The van der Waals surface area contributed by atoms with Gasteiger partial charge in [0, 0.05) is 27.2 Å². The Bertz CT molecular complexity index is 1180. The monoisotopic (exact) mass is 563 g/mol. The number of hydrogen-bond donors (Lipinski definition) is 1. The molecule has 0 saturated heterocycles. The molecule has 1 N–H and O–H groups in total. The molecule has 1 atom stereocenters. The molecule has 35 heavy (non-hydrogen) atoms. The van der Waals surface area contributed by atoms with Crippen molar-refractivity contribution in [1.82, 2.24) is 14.5 Å². The largest absolute Gasteiger partial charge is 0.465 e. The third-order valence-electron chi connectivity index (χ3n) is 4.70. The number of hydrogen-bond acceptors (Lipinski definition) is 8. The number of aliphatic hydroxyl groups is 1. The van der Waals surface area contributed by atoms with Crippen LogP contribution in [0.15, 0.2) is 46.5 Å². The van der Waals surface area contributed by atoms with E-state index >= 15 is 0 Å². The highest BCUT2D eigenvalue weighted by molar-refractivity contribution is 7.99. The van der Waals surface area contributed by atoms with Crippen molar-refractivity contribution in [2.75, 3.05) is 13.0 Å². The Hall–Kier alpha value is -1.65. The van der Waals surface area contributed by atoms with E-state index in [9.17, 15) is 14.2 Å². The zero-order valence-corrected chi connectivity index (χ0v) is 22.5. The van der Waals surface area contributed by atoms with Gasteiger partial charge in [-0.05, 0) is 41.1 Å². The smallest absolute Gasteiger partial charge is 0.399 e. The molecule has 2 aromatic heterocycles. The molecule has 0 saturated carbocycles. The van der Waals surface area contributed by atoms with Gasteiger partial charge in [0.15, 0.2) is 6.35 Å². The summed E-state index contributed by atoms with van der Waals surface area (Å²) in [6, 6.07) is 8.61. The van der Waals surface area contributed by atoms with Gasteiger partial charge in [-0.25, -0.2) is 9.97 Å². The van der Waals surface area contributed by atoms with Gasteiger partial charge in [0.05, 0.1) is 18.8 Å². The van der Waals surface area contributed by atoms with Crippen LogP contribution in [0.1, 0.15) is 43.8 Å². The molecular weight excluding hydrogens is 539 g/mol. The number of pyridine rings is 1. The zero-order chi connectivity index (χ0) is 25.6. The van der Waals surface area contributed by atoms with Crippen molar-refractivity contribution in [3.8, 4) is 5.88 Å². The number of nitrogens with zero attached hydrogens (tertiary/aromatic N) is 3. The van der Waals surface area contributed by atoms with Crippen molar-refractivity contribution in [3.63, 3.8) is 0 Å². The van der Waals surface area contributed by atoms with Gasteiger partial charge in [-0.1, -0.05) is 54.9 Å². The van der Waals surface area contributed by atoms with Crippen LogP contribution >= 0.6 is 42.6 Å². The van der Waals surface area contributed by atoms with Gasteiger partial charge in [0.1, 0.15) is 17.5 Å². The molecule has 13 heteroatoms. The molecule has 8 nitrogen and oxygen atoms in total. The Morgan fingerprint density at radius 2 is 1.94 bits per heavy atom. The maximum atomic E-state index is 12.6. The molecular formula is C22H25Cl2FN3O5PS. The first kappa shape index (κ1) is 27.9. The van der Waals surface area contributed by atoms with Crippen LogP contribution < -0.4 is 4.74 Å². The maximum absolute atomic E-state index is 12.6. The Balaban J connectivity index is 1.85. The van der Waals surface area contributed by atoms with Gasteiger partial charge < -0.3 is 18.9 Å². The van der Waals surface area contributed by atoms with Gasteiger partial charge in [-0.15, -0.1) is 4.73 Å². The Morgan fingerprint density at radius 1 is 1.23 bits per heavy atom. The summed E-state index contributed by atoms with van der Waals surface area (Å²) < 4.78 is 40.0. The van der Waals surface area contributed by atoms with Crippen molar-refractivity contribution in [2.45, 2.75) is 49.8 Å². The predicted molar refractivity (Wildman–Crippen MR) is 133 cm³/mol. The third-order valence-corrected chi connectivity index (χ3v) is 7.54. The van der Waals surface area contributed by atoms with Crippen molar-refractivity contribution in [2.24, 2.45) is 0 Å². The summed E-state index contributed by atoms with van der Waals surface area (Å²) in [5.74, 6) is 0.735. The average Bonchev–Trinajstić information content (AvgIpc) is 3.15. The van der Waals surface area contributed by atoms with Crippen LogP contribution in [0.25, 0.3) is 0 Å². The molecule has 0 aliphatic carbocycles. The number of rotatable bonds is 12. The highest BCUT2D eigenvalue weighted by Gasteiger charge is 2.27. The zero-order valence-electron chi connectivity index (χ0n) is 19.3. The molecule has 0 spiro atoms. The molecule has 2 heterocycles. The SMILES string of the molecule is CCOP(=O)(COc1ccc(Cn2c(CO)nc(C(C)C)c2Sc2cc(Cl)cc(Cl)c2)cn1)OF.